The van der Waals surface area contributed by atoms with E-state index in [1.807, 2.05) is 30.7 Å². The van der Waals surface area contributed by atoms with E-state index in [1.54, 1.807) is 4.57 Å². The van der Waals surface area contributed by atoms with Crippen molar-refractivity contribution >= 4 is 11.5 Å². The van der Waals surface area contributed by atoms with Crippen LogP contribution in [0.25, 0.3) is 0 Å². The highest BCUT2D eigenvalue weighted by molar-refractivity contribution is 5.71. The molecule has 16 heavy (non-hydrogen) atoms. The van der Waals surface area contributed by atoms with Crippen LogP contribution in [0.5, 0.6) is 0 Å². The molecular weight excluding hydrogens is 208 g/mol. The molecule has 1 aromatic rings. The fourth-order valence-corrected chi connectivity index (χ4v) is 2.17. The molecule has 0 amide bonds. The summed E-state index contributed by atoms with van der Waals surface area (Å²) in [4.78, 5) is 29.7. The molecule has 88 valence electrons. The number of anilines is 2. The van der Waals surface area contributed by atoms with Gasteiger partial charge in [-0.25, -0.2) is 4.79 Å². The number of H-pyrrole nitrogens is 1. The Morgan fingerprint density at radius 3 is 2.50 bits per heavy atom. The highest BCUT2D eigenvalue weighted by Gasteiger charge is 2.28. The van der Waals surface area contributed by atoms with E-state index in [2.05, 4.69) is 4.98 Å². The average molecular weight is 224 g/mol. The lowest BCUT2D eigenvalue weighted by Gasteiger charge is -2.15. The predicted molar refractivity (Wildman–Crippen MR) is 63.3 cm³/mol. The van der Waals surface area contributed by atoms with Crippen LogP contribution in [0, 0.1) is 0 Å². The van der Waals surface area contributed by atoms with Gasteiger partial charge < -0.3 is 9.80 Å². The summed E-state index contributed by atoms with van der Waals surface area (Å²) in [6.45, 7) is 5.84. The van der Waals surface area contributed by atoms with Gasteiger partial charge in [0.25, 0.3) is 5.56 Å². The zero-order valence-corrected chi connectivity index (χ0v) is 9.78. The van der Waals surface area contributed by atoms with Crippen LogP contribution in [0.1, 0.15) is 13.8 Å². The number of fused-ring (bicyclic) bond motifs is 1. The lowest BCUT2D eigenvalue weighted by Crippen LogP contribution is -2.33. The number of nitrogens with zero attached hydrogens (tertiary/aromatic N) is 3. The minimum atomic E-state index is -0.337. The molecule has 0 bridgehead atoms. The first-order valence-corrected chi connectivity index (χ1v) is 5.43. The minimum absolute atomic E-state index is 0.295. The normalized spacial score (nSPS) is 14.4. The summed E-state index contributed by atoms with van der Waals surface area (Å²) < 4.78 is 1.59. The number of hydrogen-bond donors (Lipinski definition) is 1. The Morgan fingerprint density at radius 1 is 1.25 bits per heavy atom. The maximum absolute atomic E-state index is 11.8. The van der Waals surface area contributed by atoms with Crippen LogP contribution in [0.2, 0.25) is 0 Å². The van der Waals surface area contributed by atoms with Gasteiger partial charge >= 0.3 is 5.69 Å². The van der Waals surface area contributed by atoms with E-state index < -0.39 is 0 Å². The first-order valence-electron chi connectivity index (χ1n) is 5.43. The summed E-state index contributed by atoms with van der Waals surface area (Å²) in [6.07, 6.45) is 0. The van der Waals surface area contributed by atoms with Crippen LogP contribution in [-0.4, -0.2) is 29.8 Å². The van der Waals surface area contributed by atoms with E-state index in [0.29, 0.717) is 18.9 Å². The fourth-order valence-electron chi connectivity index (χ4n) is 2.17. The first kappa shape index (κ1) is 10.8. The quantitative estimate of drug-likeness (QED) is 0.755. The molecule has 0 saturated heterocycles. The Kier molecular flexibility index (Phi) is 2.49. The van der Waals surface area contributed by atoms with Crippen LogP contribution in [0.3, 0.4) is 0 Å². The third kappa shape index (κ3) is 1.33. The molecule has 1 aliphatic rings. The van der Waals surface area contributed by atoms with Crippen LogP contribution in [-0.2, 0) is 6.54 Å². The Bertz CT molecular complexity index is 517. The van der Waals surface area contributed by atoms with Crippen molar-refractivity contribution in [2.45, 2.75) is 20.4 Å². The maximum Gasteiger partial charge on any atom is 0.330 e. The Hall–Kier alpha value is -1.72. The van der Waals surface area contributed by atoms with E-state index in [-0.39, 0.29) is 11.2 Å². The standard InChI is InChI=1S/C10H16N4O2/c1-4-13-6-12(3)9-7(13)8(15)11-10(16)14(9)5-2/h4-6H2,1-3H3,(H,11,15,16). The molecule has 1 aliphatic heterocycles. The highest BCUT2D eigenvalue weighted by atomic mass is 16.2. The molecule has 1 aromatic heterocycles. The Morgan fingerprint density at radius 2 is 1.94 bits per heavy atom. The fraction of sp³-hybridized carbons (Fsp3) is 0.600. The van der Waals surface area contributed by atoms with Gasteiger partial charge in [0, 0.05) is 20.1 Å². The Labute approximate surface area is 93.1 Å². The van der Waals surface area contributed by atoms with Crippen LogP contribution in [0.15, 0.2) is 9.59 Å². The van der Waals surface area contributed by atoms with Crippen LogP contribution >= 0.6 is 0 Å². The molecule has 0 fully saturated rings. The van der Waals surface area contributed by atoms with Gasteiger partial charge in [0.1, 0.15) is 11.5 Å². The van der Waals surface area contributed by atoms with E-state index in [1.165, 1.54) is 0 Å². The molecule has 0 aromatic carbocycles. The smallest absolute Gasteiger partial charge is 0.330 e. The monoisotopic (exact) mass is 224 g/mol. The van der Waals surface area contributed by atoms with E-state index in [4.69, 9.17) is 0 Å². The van der Waals surface area contributed by atoms with Crippen LogP contribution in [0.4, 0.5) is 11.5 Å². The van der Waals surface area contributed by atoms with Crippen molar-refractivity contribution in [3.05, 3.63) is 20.8 Å². The molecule has 6 heteroatoms. The molecule has 0 unspecified atom stereocenters. The lowest BCUT2D eigenvalue weighted by atomic mass is 10.4. The van der Waals surface area contributed by atoms with Crippen molar-refractivity contribution in [1.29, 1.82) is 0 Å². The third-order valence-electron chi connectivity index (χ3n) is 2.91. The molecule has 0 radical (unpaired) electrons. The van der Waals surface area contributed by atoms with Gasteiger partial charge in [-0.15, -0.1) is 0 Å². The number of nitrogens with one attached hydrogen (secondary N) is 1. The lowest BCUT2D eigenvalue weighted by molar-refractivity contribution is 0.692. The summed E-state index contributed by atoms with van der Waals surface area (Å²) in [6, 6.07) is 0. The second-order valence-electron chi connectivity index (χ2n) is 3.87. The zero-order valence-electron chi connectivity index (χ0n) is 9.78. The number of aromatic amines is 1. The molecule has 2 rings (SSSR count). The summed E-state index contributed by atoms with van der Waals surface area (Å²) in [7, 11) is 1.89. The van der Waals surface area contributed by atoms with Gasteiger partial charge in [-0.05, 0) is 13.8 Å². The van der Waals surface area contributed by atoms with Gasteiger partial charge in [-0.1, -0.05) is 0 Å². The van der Waals surface area contributed by atoms with Crippen molar-refractivity contribution in [1.82, 2.24) is 9.55 Å². The zero-order chi connectivity index (χ0) is 11.9. The molecule has 6 nitrogen and oxygen atoms in total. The number of aromatic nitrogens is 2. The molecule has 0 atom stereocenters. The first-order chi connectivity index (χ1) is 7.60. The average Bonchev–Trinajstić information content (AvgIpc) is 2.57. The highest BCUT2D eigenvalue weighted by Crippen LogP contribution is 2.29. The molecule has 0 aliphatic carbocycles. The second kappa shape index (κ2) is 3.70. The second-order valence-corrected chi connectivity index (χ2v) is 3.87. The van der Waals surface area contributed by atoms with E-state index in [0.717, 1.165) is 12.4 Å². The van der Waals surface area contributed by atoms with Gasteiger partial charge in [0.15, 0.2) is 0 Å². The molecular formula is C10H16N4O2. The van der Waals surface area contributed by atoms with Crippen molar-refractivity contribution in [2.24, 2.45) is 0 Å². The van der Waals surface area contributed by atoms with Gasteiger partial charge in [0.2, 0.25) is 0 Å². The molecule has 2 heterocycles. The third-order valence-corrected chi connectivity index (χ3v) is 2.91. The maximum atomic E-state index is 11.8. The van der Waals surface area contributed by atoms with Crippen molar-refractivity contribution in [3.63, 3.8) is 0 Å². The summed E-state index contributed by atoms with van der Waals surface area (Å²) in [5.74, 6) is 0.720. The van der Waals surface area contributed by atoms with Crippen LogP contribution < -0.4 is 21.0 Å². The van der Waals surface area contributed by atoms with Crippen molar-refractivity contribution < 1.29 is 0 Å². The summed E-state index contributed by atoms with van der Waals surface area (Å²) in [5.41, 5.74) is -0.0293. The molecule has 0 spiro atoms. The van der Waals surface area contributed by atoms with Gasteiger partial charge in [-0.3, -0.25) is 14.3 Å². The molecule has 0 saturated carbocycles. The SMILES string of the molecule is CCN1CN(C)c2c1c(=O)[nH]c(=O)n2CC. The summed E-state index contributed by atoms with van der Waals surface area (Å²) in [5, 5.41) is 0. The number of rotatable bonds is 2. The van der Waals surface area contributed by atoms with Gasteiger partial charge in [0.05, 0.1) is 6.67 Å². The number of hydrogen-bond acceptors (Lipinski definition) is 4. The van der Waals surface area contributed by atoms with E-state index >= 15 is 0 Å². The van der Waals surface area contributed by atoms with Crippen molar-refractivity contribution in [2.75, 3.05) is 30.1 Å². The van der Waals surface area contributed by atoms with E-state index in [9.17, 15) is 9.59 Å². The molecule has 1 N–H and O–H groups in total. The van der Waals surface area contributed by atoms with Crippen molar-refractivity contribution in [3.8, 4) is 0 Å². The largest absolute Gasteiger partial charge is 0.347 e. The Balaban J connectivity index is 2.77. The van der Waals surface area contributed by atoms with Gasteiger partial charge in [-0.2, -0.15) is 0 Å². The minimum Gasteiger partial charge on any atom is -0.347 e. The predicted octanol–water partition coefficient (Wildman–Crippen LogP) is -0.210. The topological polar surface area (TPSA) is 61.3 Å². The summed E-state index contributed by atoms with van der Waals surface area (Å²) >= 11 is 0.